The molecule has 1 aromatic carbocycles. The molecule has 1 aliphatic heterocycles. The fourth-order valence-corrected chi connectivity index (χ4v) is 4.01. The number of imidazole rings is 1. The van der Waals surface area contributed by atoms with Gasteiger partial charge in [0.1, 0.15) is 5.82 Å². The zero-order chi connectivity index (χ0) is 22.8. The molecule has 2 N–H and O–H groups in total. The molecule has 1 aliphatic rings. The number of nitrogens with one attached hydrogen (secondary N) is 2. The number of fused-ring (bicyclic) bond motifs is 1. The topological polar surface area (TPSA) is 125 Å². The molecular weight excluding hydrogens is 412 g/mol. The van der Waals surface area contributed by atoms with Crippen LogP contribution in [-0.4, -0.2) is 67.7 Å². The number of non-ortho nitro benzene ring substituents is 1. The van der Waals surface area contributed by atoms with Crippen LogP contribution in [0.2, 0.25) is 0 Å². The second kappa shape index (κ2) is 8.95. The van der Waals surface area contributed by atoms with E-state index in [0.29, 0.717) is 35.9 Å². The lowest BCUT2D eigenvalue weighted by Gasteiger charge is -2.27. The van der Waals surface area contributed by atoms with Crippen LogP contribution in [0.25, 0.3) is 11.0 Å². The van der Waals surface area contributed by atoms with E-state index in [-0.39, 0.29) is 23.7 Å². The number of aromatic nitrogens is 4. The maximum Gasteiger partial charge on any atom is 0.271 e. The smallest absolute Gasteiger partial charge is 0.271 e. The molecule has 11 heteroatoms. The summed E-state index contributed by atoms with van der Waals surface area (Å²) in [5.41, 5.74) is 1.37. The Morgan fingerprint density at radius 3 is 2.75 bits per heavy atom. The zero-order valence-corrected chi connectivity index (χ0v) is 18.5. The molecule has 1 atom stereocenters. The molecule has 0 bridgehead atoms. The van der Waals surface area contributed by atoms with Gasteiger partial charge in [0.25, 0.3) is 5.69 Å². The molecule has 1 fully saturated rings. The first-order valence-corrected chi connectivity index (χ1v) is 10.8. The minimum Gasteiger partial charge on any atom is -0.341 e. The lowest BCUT2D eigenvalue weighted by molar-refractivity contribution is -0.384. The zero-order valence-electron chi connectivity index (χ0n) is 18.5. The van der Waals surface area contributed by atoms with Gasteiger partial charge in [0.05, 0.1) is 28.2 Å². The molecule has 0 saturated carbocycles. The molecule has 32 heavy (non-hydrogen) atoms. The Morgan fingerprint density at radius 1 is 1.19 bits per heavy atom. The summed E-state index contributed by atoms with van der Waals surface area (Å²) in [5, 5.41) is 18.3. The Labute approximate surface area is 185 Å². The molecule has 3 aromatic rings. The van der Waals surface area contributed by atoms with Crippen molar-refractivity contribution in [1.82, 2.24) is 24.6 Å². The number of hydrogen-bond donors (Lipinski definition) is 2. The molecule has 170 valence electrons. The summed E-state index contributed by atoms with van der Waals surface area (Å²) in [7, 11) is 0. The van der Waals surface area contributed by atoms with E-state index in [2.05, 4.69) is 30.2 Å². The predicted molar refractivity (Wildman–Crippen MR) is 122 cm³/mol. The molecule has 1 saturated heterocycles. The van der Waals surface area contributed by atoms with Gasteiger partial charge in [0, 0.05) is 50.4 Å². The highest BCUT2D eigenvalue weighted by Crippen LogP contribution is 2.23. The highest BCUT2D eigenvalue weighted by molar-refractivity contribution is 5.93. The van der Waals surface area contributed by atoms with Crippen LogP contribution in [0.5, 0.6) is 0 Å². The average Bonchev–Trinajstić information content (AvgIpc) is 3.32. The van der Waals surface area contributed by atoms with E-state index in [0.717, 1.165) is 19.5 Å². The molecule has 1 unspecified atom stereocenters. The van der Waals surface area contributed by atoms with E-state index in [1.165, 1.54) is 12.1 Å². The van der Waals surface area contributed by atoms with Crippen molar-refractivity contribution in [3.05, 3.63) is 40.6 Å². The Balaban J connectivity index is 1.41. The molecule has 11 nitrogen and oxygen atoms in total. The lowest BCUT2D eigenvalue weighted by atomic mass is 10.2. The number of amides is 1. The van der Waals surface area contributed by atoms with Crippen molar-refractivity contribution in [3.8, 4) is 0 Å². The summed E-state index contributed by atoms with van der Waals surface area (Å²) in [6, 6.07) is 6.30. The van der Waals surface area contributed by atoms with Crippen molar-refractivity contribution in [3.63, 3.8) is 0 Å². The van der Waals surface area contributed by atoms with Crippen molar-refractivity contribution in [2.24, 2.45) is 0 Å². The Hall–Kier alpha value is -3.47. The summed E-state index contributed by atoms with van der Waals surface area (Å²) >= 11 is 0. The summed E-state index contributed by atoms with van der Waals surface area (Å²) in [4.78, 5) is 35.6. The molecular formula is C21H28N8O3. The van der Waals surface area contributed by atoms with Crippen molar-refractivity contribution in [1.29, 1.82) is 0 Å². The molecule has 3 heterocycles. The number of benzene rings is 1. The summed E-state index contributed by atoms with van der Waals surface area (Å²) < 4.78 is 1.79. The predicted octanol–water partition coefficient (Wildman–Crippen LogP) is 2.79. The second-order valence-electron chi connectivity index (χ2n) is 8.32. The van der Waals surface area contributed by atoms with Gasteiger partial charge in [-0.1, -0.05) is 0 Å². The third kappa shape index (κ3) is 4.42. The quantitative estimate of drug-likeness (QED) is 0.446. The maximum atomic E-state index is 12.9. The summed E-state index contributed by atoms with van der Waals surface area (Å²) in [6.07, 6.45) is 2.56. The van der Waals surface area contributed by atoms with Crippen LogP contribution in [0.3, 0.4) is 0 Å². The third-order valence-corrected chi connectivity index (χ3v) is 5.83. The van der Waals surface area contributed by atoms with Crippen LogP contribution in [0.1, 0.15) is 33.2 Å². The van der Waals surface area contributed by atoms with Gasteiger partial charge in [0.2, 0.25) is 11.9 Å². The molecule has 1 amide bonds. The molecule has 0 aliphatic carbocycles. The number of hydrogen-bond acceptors (Lipinski definition) is 7. The van der Waals surface area contributed by atoms with Crippen molar-refractivity contribution < 1.29 is 9.72 Å². The van der Waals surface area contributed by atoms with E-state index >= 15 is 0 Å². The summed E-state index contributed by atoms with van der Waals surface area (Å²) in [6.45, 7) is 8.94. The Bertz CT molecular complexity index is 1120. The lowest BCUT2D eigenvalue weighted by Crippen LogP contribution is -2.44. The van der Waals surface area contributed by atoms with E-state index in [1.54, 1.807) is 23.0 Å². The van der Waals surface area contributed by atoms with Crippen LogP contribution >= 0.6 is 0 Å². The molecule has 0 spiro atoms. The van der Waals surface area contributed by atoms with Crippen LogP contribution in [-0.2, 0) is 4.79 Å². The first-order valence-electron chi connectivity index (χ1n) is 10.8. The fraction of sp³-hybridized carbons (Fsp3) is 0.476. The largest absolute Gasteiger partial charge is 0.341 e. The highest BCUT2D eigenvalue weighted by Gasteiger charge is 2.26. The maximum absolute atomic E-state index is 12.9. The van der Waals surface area contributed by atoms with Gasteiger partial charge in [-0.2, -0.15) is 5.10 Å². The van der Waals surface area contributed by atoms with Crippen LogP contribution in [0.15, 0.2) is 30.5 Å². The van der Waals surface area contributed by atoms with E-state index in [4.69, 9.17) is 0 Å². The van der Waals surface area contributed by atoms with Crippen LogP contribution < -0.4 is 10.2 Å². The number of nitrogens with zero attached hydrogens (tertiary/aromatic N) is 6. The number of carbonyl (C=O) groups excluding carboxylic acids is 1. The number of nitro groups is 1. The minimum absolute atomic E-state index is 0.0355. The minimum atomic E-state index is -0.412. The van der Waals surface area contributed by atoms with Gasteiger partial charge in [0.15, 0.2) is 0 Å². The first-order chi connectivity index (χ1) is 15.3. The number of nitro benzene ring substituents is 1. The van der Waals surface area contributed by atoms with Crippen molar-refractivity contribution >= 4 is 34.4 Å². The van der Waals surface area contributed by atoms with Gasteiger partial charge < -0.3 is 15.2 Å². The van der Waals surface area contributed by atoms with Gasteiger partial charge in [-0.25, -0.2) is 9.67 Å². The van der Waals surface area contributed by atoms with Gasteiger partial charge in [-0.05, 0) is 33.3 Å². The molecule has 4 rings (SSSR count). The van der Waals surface area contributed by atoms with Gasteiger partial charge in [-0.15, -0.1) is 0 Å². The monoisotopic (exact) mass is 440 g/mol. The first kappa shape index (κ1) is 21.8. The van der Waals surface area contributed by atoms with Crippen LogP contribution in [0, 0.1) is 10.1 Å². The van der Waals surface area contributed by atoms with Crippen molar-refractivity contribution in [2.75, 3.05) is 36.4 Å². The Kier molecular flexibility index (Phi) is 6.08. The van der Waals surface area contributed by atoms with Crippen LogP contribution in [0.4, 0.5) is 17.5 Å². The SMILES string of the molecule is CC(C(=O)Nc1ccnn1C(C)C)N1CCCN(c2nc3ccc([N+](=O)[O-])cc3[nH]2)CC1. The number of H-pyrrole nitrogens is 1. The Morgan fingerprint density at radius 2 is 2.00 bits per heavy atom. The highest BCUT2D eigenvalue weighted by atomic mass is 16.6. The number of anilines is 2. The van der Waals surface area contributed by atoms with E-state index < -0.39 is 4.92 Å². The third-order valence-electron chi connectivity index (χ3n) is 5.83. The van der Waals surface area contributed by atoms with E-state index in [9.17, 15) is 14.9 Å². The standard InChI is InChI=1S/C21H28N8O3/c1-14(2)28-19(7-8-22-28)25-20(30)15(3)26-9-4-10-27(12-11-26)21-23-17-6-5-16(29(31)32)13-18(17)24-21/h5-8,13-15H,4,9-12H2,1-3H3,(H,23,24)(H,25,30). The average molecular weight is 441 g/mol. The molecule has 2 aromatic heterocycles. The van der Waals surface area contributed by atoms with E-state index in [1.807, 2.05) is 20.8 Å². The number of carbonyl (C=O) groups is 1. The van der Waals surface area contributed by atoms with Crippen molar-refractivity contribution in [2.45, 2.75) is 39.3 Å². The number of aromatic amines is 1. The van der Waals surface area contributed by atoms with Gasteiger partial charge >= 0.3 is 0 Å². The van der Waals surface area contributed by atoms with Gasteiger partial charge in [-0.3, -0.25) is 19.8 Å². The normalized spacial score (nSPS) is 16.3. The second-order valence-corrected chi connectivity index (χ2v) is 8.32. The molecule has 0 radical (unpaired) electrons. The summed E-state index contributed by atoms with van der Waals surface area (Å²) in [5.74, 6) is 1.34. The number of rotatable bonds is 6. The fourth-order valence-electron chi connectivity index (χ4n) is 4.01.